The molecular formula is C24H29N5O4S. The third-order valence-electron chi connectivity index (χ3n) is 5.07. The molecule has 180 valence electrons. The fraction of sp³-hybridized carbons (Fsp3) is 0.292. The van der Waals surface area contributed by atoms with E-state index < -0.39 is 22.5 Å². The Bertz CT molecular complexity index is 1250. The molecule has 0 saturated heterocycles. The highest BCUT2D eigenvalue weighted by atomic mass is 32.2. The van der Waals surface area contributed by atoms with Crippen LogP contribution in [0.3, 0.4) is 0 Å². The summed E-state index contributed by atoms with van der Waals surface area (Å²) in [6.07, 6.45) is 1.64. The number of ether oxygens (including phenoxy) is 1. The van der Waals surface area contributed by atoms with E-state index in [-0.39, 0.29) is 4.90 Å². The van der Waals surface area contributed by atoms with E-state index in [1.54, 1.807) is 50.4 Å². The van der Waals surface area contributed by atoms with E-state index in [9.17, 15) is 13.2 Å². The first-order valence-electron chi connectivity index (χ1n) is 10.8. The Hall–Kier alpha value is -3.66. The smallest absolute Gasteiger partial charge is 0.326 e. The molecule has 3 aromatic rings. The number of methoxy groups -OCH3 is 1. The molecule has 1 aromatic heterocycles. The third-order valence-corrected chi connectivity index (χ3v) is 7.15. The molecule has 9 nitrogen and oxygen atoms in total. The van der Waals surface area contributed by atoms with Gasteiger partial charge in [0.25, 0.3) is 10.0 Å². The monoisotopic (exact) mass is 483 g/mol. The zero-order valence-corrected chi connectivity index (χ0v) is 20.7. The first-order valence-corrected chi connectivity index (χ1v) is 12.2. The van der Waals surface area contributed by atoms with Crippen LogP contribution < -0.4 is 14.9 Å². The van der Waals surface area contributed by atoms with E-state index in [0.29, 0.717) is 40.8 Å². The molecule has 0 atom stereocenters. The Labute approximate surface area is 200 Å². The zero-order valence-electron chi connectivity index (χ0n) is 19.9. The average molecular weight is 484 g/mol. The highest BCUT2D eigenvalue weighted by Crippen LogP contribution is 2.30. The van der Waals surface area contributed by atoms with Gasteiger partial charge in [-0.25, -0.2) is 13.4 Å². The number of nitrogens with zero attached hydrogens (tertiary/aromatic N) is 3. The van der Waals surface area contributed by atoms with Gasteiger partial charge in [0.05, 0.1) is 17.7 Å². The summed E-state index contributed by atoms with van der Waals surface area (Å²) in [5.41, 5.74) is 3.23. The van der Waals surface area contributed by atoms with E-state index in [1.165, 1.54) is 7.11 Å². The van der Waals surface area contributed by atoms with Crippen molar-refractivity contribution in [1.82, 2.24) is 9.97 Å². The van der Waals surface area contributed by atoms with Gasteiger partial charge in [-0.15, -0.1) is 0 Å². The van der Waals surface area contributed by atoms with Crippen LogP contribution in [0.5, 0.6) is 0 Å². The van der Waals surface area contributed by atoms with E-state index in [4.69, 9.17) is 4.74 Å². The van der Waals surface area contributed by atoms with E-state index >= 15 is 0 Å². The summed E-state index contributed by atoms with van der Waals surface area (Å²) in [6, 6.07) is 12.1. The maximum absolute atomic E-state index is 13.7. The number of carbonyl (C=O) groups is 1. The Morgan fingerprint density at radius 3 is 2.29 bits per heavy atom. The van der Waals surface area contributed by atoms with Crippen molar-refractivity contribution < 1.29 is 17.9 Å². The number of esters is 1. The van der Waals surface area contributed by atoms with Crippen LogP contribution in [0, 0.1) is 20.8 Å². The Balaban J connectivity index is 1.96. The number of aryl methyl sites for hydroxylation is 3. The standard InChI is InChI=1S/C24H29N5O4S/c1-6-25-24-26-12-11-21(28-24)27-19-7-9-20(10-8-19)29(15-22(30)33-5)34(31,32)23-17(3)13-16(2)14-18(23)4/h7-14H,6,15H2,1-5H3,(H2,25,26,27,28). The van der Waals surface area contributed by atoms with Gasteiger partial charge in [0.1, 0.15) is 12.4 Å². The molecule has 0 bridgehead atoms. The molecule has 34 heavy (non-hydrogen) atoms. The topological polar surface area (TPSA) is 114 Å². The first kappa shape index (κ1) is 25.0. The predicted octanol–water partition coefficient (Wildman–Crippen LogP) is 3.95. The van der Waals surface area contributed by atoms with Gasteiger partial charge in [-0.1, -0.05) is 17.7 Å². The van der Waals surface area contributed by atoms with Crippen molar-refractivity contribution in [3.05, 3.63) is 65.4 Å². The molecule has 0 spiro atoms. The molecule has 2 N–H and O–H groups in total. The van der Waals surface area contributed by atoms with Crippen molar-refractivity contribution >= 4 is 39.1 Å². The number of hydrogen-bond acceptors (Lipinski definition) is 8. The maximum atomic E-state index is 13.7. The van der Waals surface area contributed by atoms with Crippen LogP contribution in [0.4, 0.5) is 23.1 Å². The fourth-order valence-electron chi connectivity index (χ4n) is 3.71. The van der Waals surface area contributed by atoms with Crippen molar-refractivity contribution in [2.24, 2.45) is 0 Å². The van der Waals surface area contributed by atoms with Crippen molar-refractivity contribution in [3.8, 4) is 0 Å². The van der Waals surface area contributed by atoms with Gasteiger partial charge >= 0.3 is 5.97 Å². The van der Waals surface area contributed by atoms with Crippen LogP contribution in [0.25, 0.3) is 0 Å². The summed E-state index contributed by atoms with van der Waals surface area (Å²) in [5, 5.41) is 6.21. The SMILES string of the molecule is CCNc1nccc(Nc2ccc(N(CC(=O)OC)S(=O)(=O)c3c(C)cc(C)cc3C)cc2)n1. The number of hydrogen-bond donors (Lipinski definition) is 2. The summed E-state index contributed by atoms with van der Waals surface area (Å²) < 4.78 is 33.2. The van der Waals surface area contributed by atoms with Crippen molar-refractivity contribution in [3.63, 3.8) is 0 Å². The van der Waals surface area contributed by atoms with E-state index in [0.717, 1.165) is 9.87 Å². The molecule has 0 aliphatic carbocycles. The molecule has 0 aliphatic heterocycles. The number of sulfonamides is 1. The molecule has 10 heteroatoms. The Morgan fingerprint density at radius 2 is 1.71 bits per heavy atom. The number of rotatable bonds is 9. The largest absolute Gasteiger partial charge is 0.468 e. The van der Waals surface area contributed by atoms with Gasteiger partial charge < -0.3 is 15.4 Å². The van der Waals surface area contributed by atoms with Crippen LogP contribution in [-0.2, 0) is 19.6 Å². The Kier molecular flexibility index (Phi) is 7.72. The minimum Gasteiger partial charge on any atom is -0.468 e. The lowest BCUT2D eigenvalue weighted by atomic mass is 10.1. The molecule has 1 heterocycles. The third kappa shape index (κ3) is 5.63. The van der Waals surface area contributed by atoms with Gasteiger partial charge in [-0.2, -0.15) is 4.98 Å². The fourth-order valence-corrected chi connectivity index (χ4v) is 5.54. The minimum absolute atomic E-state index is 0.182. The van der Waals surface area contributed by atoms with Crippen LogP contribution in [0.2, 0.25) is 0 Å². The lowest BCUT2D eigenvalue weighted by molar-refractivity contribution is -0.138. The first-order chi connectivity index (χ1) is 16.1. The zero-order chi connectivity index (χ0) is 24.9. The predicted molar refractivity (Wildman–Crippen MR) is 133 cm³/mol. The molecule has 3 rings (SSSR count). The van der Waals surface area contributed by atoms with E-state index in [1.807, 2.05) is 26.0 Å². The number of carbonyl (C=O) groups excluding carboxylic acids is 1. The summed E-state index contributed by atoms with van der Waals surface area (Å²) in [4.78, 5) is 20.8. The second-order valence-corrected chi connectivity index (χ2v) is 9.58. The molecule has 2 aromatic carbocycles. The number of nitrogens with one attached hydrogen (secondary N) is 2. The van der Waals surface area contributed by atoms with Crippen molar-refractivity contribution in [2.75, 3.05) is 35.1 Å². The van der Waals surface area contributed by atoms with Gasteiger partial charge in [0.2, 0.25) is 5.95 Å². The van der Waals surface area contributed by atoms with Crippen LogP contribution in [0.15, 0.2) is 53.6 Å². The number of benzene rings is 2. The van der Waals surface area contributed by atoms with Gasteiger partial charge in [-0.3, -0.25) is 9.10 Å². The summed E-state index contributed by atoms with van der Waals surface area (Å²) in [5.74, 6) is 0.428. The second kappa shape index (κ2) is 10.5. The lowest BCUT2D eigenvalue weighted by Gasteiger charge is -2.25. The Morgan fingerprint density at radius 1 is 1.06 bits per heavy atom. The van der Waals surface area contributed by atoms with Crippen molar-refractivity contribution in [2.45, 2.75) is 32.6 Å². The lowest BCUT2D eigenvalue weighted by Crippen LogP contribution is -2.37. The minimum atomic E-state index is -4.04. The number of anilines is 4. The molecule has 0 unspecified atom stereocenters. The molecular weight excluding hydrogens is 454 g/mol. The molecule has 0 aliphatic rings. The van der Waals surface area contributed by atoms with Gasteiger partial charge in [-0.05, 0) is 69.2 Å². The van der Waals surface area contributed by atoms with Crippen LogP contribution in [-0.4, -0.2) is 44.6 Å². The number of aromatic nitrogens is 2. The molecule has 0 saturated carbocycles. The quantitative estimate of drug-likeness (QED) is 0.440. The highest BCUT2D eigenvalue weighted by molar-refractivity contribution is 7.93. The van der Waals surface area contributed by atoms with Crippen LogP contribution >= 0.6 is 0 Å². The highest BCUT2D eigenvalue weighted by Gasteiger charge is 2.30. The van der Waals surface area contributed by atoms with E-state index in [2.05, 4.69) is 20.6 Å². The maximum Gasteiger partial charge on any atom is 0.326 e. The summed E-state index contributed by atoms with van der Waals surface area (Å²) in [6.45, 7) is 7.61. The molecule has 0 amide bonds. The molecule has 0 fully saturated rings. The summed E-state index contributed by atoms with van der Waals surface area (Å²) in [7, 11) is -2.81. The van der Waals surface area contributed by atoms with Crippen LogP contribution in [0.1, 0.15) is 23.6 Å². The second-order valence-electron chi connectivity index (χ2n) is 7.78. The molecule has 0 radical (unpaired) electrons. The van der Waals surface area contributed by atoms with Gasteiger partial charge in [0, 0.05) is 18.4 Å². The average Bonchev–Trinajstić information content (AvgIpc) is 2.77. The van der Waals surface area contributed by atoms with Gasteiger partial charge in [0.15, 0.2) is 0 Å². The van der Waals surface area contributed by atoms with Crippen molar-refractivity contribution in [1.29, 1.82) is 0 Å². The summed E-state index contributed by atoms with van der Waals surface area (Å²) >= 11 is 0. The normalized spacial score (nSPS) is 11.1.